The van der Waals surface area contributed by atoms with Crippen molar-refractivity contribution in [2.24, 2.45) is 5.41 Å². The van der Waals surface area contributed by atoms with E-state index in [2.05, 4.69) is 49.2 Å². The van der Waals surface area contributed by atoms with E-state index >= 15 is 0 Å². The Morgan fingerprint density at radius 3 is 2.82 bits per heavy atom. The van der Waals surface area contributed by atoms with Crippen molar-refractivity contribution in [3.8, 4) is 0 Å². The van der Waals surface area contributed by atoms with Gasteiger partial charge in [-0.1, -0.05) is 56.8 Å². The van der Waals surface area contributed by atoms with Gasteiger partial charge in [-0.2, -0.15) is 5.10 Å². The molecule has 1 saturated carbocycles. The first kappa shape index (κ1) is 18.1. The fourth-order valence-electron chi connectivity index (χ4n) is 5.35. The standard InChI is InChI=1S/C22H26N4OS/c1-21(2)16-8-10-22(21,3)19-18(16)24-25-20(23-19)28-13-17(27)26-11-9-14-6-4-5-7-15(14)12-26/h4-7,16H,8-13H2,1-3H3/t16-,22+/m0/s1. The molecule has 2 heterocycles. The molecule has 3 aliphatic rings. The van der Waals surface area contributed by atoms with Crippen LogP contribution in [0.2, 0.25) is 0 Å². The molecule has 5 nitrogen and oxygen atoms in total. The minimum Gasteiger partial charge on any atom is -0.337 e. The van der Waals surface area contributed by atoms with Gasteiger partial charge in [0.2, 0.25) is 11.1 Å². The zero-order chi connectivity index (χ0) is 19.5. The van der Waals surface area contributed by atoms with Crippen molar-refractivity contribution in [2.75, 3.05) is 12.3 Å². The molecular weight excluding hydrogens is 368 g/mol. The third-order valence-electron chi connectivity index (χ3n) is 7.58. The molecule has 1 aromatic carbocycles. The molecule has 2 aromatic rings. The summed E-state index contributed by atoms with van der Waals surface area (Å²) in [5, 5.41) is 9.53. The number of hydrogen-bond donors (Lipinski definition) is 0. The average Bonchev–Trinajstić information content (AvgIpc) is 3.04. The predicted molar refractivity (Wildman–Crippen MR) is 109 cm³/mol. The number of amides is 1. The summed E-state index contributed by atoms with van der Waals surface area (Å²) in [6, 6.07) is 8.39. The highest BCUT2D eigenvalue weighted by molar-refractivity contribution is 7.99. The van der Waals surface area contributed by atoms with Gasteiger partial charge in [0, 0.05) is 24.4 Å². The summed E-state index contributed by atoms with van der Waals surface area (Å²) in [4.78, 5) is 19.6. The van der Waals surface area contributed by atoms with Crippen LogP contribution in [0.25, 0.3) is 0 Å². The Kier molecular flexibility index (Phi) is 4.06. The Morgan fingerprint density at radius 1 is 1.21 bits per heavy atom. The first-order chi connectivity index (χ1) is 13.4. The number of aromatic nitrogens is 3. The van der Waals surface area contributed by atoms with Crippen LogP contribution in [0.5, 0.6) is 0 Å². The van der Waals surface area contributed by atoms with Crippen molar-refractivity contribution in [1.82, 2.24) is 20.1 Å². The largest absolute Gasteiger partial charge is 0.337 e. The van der Waals surface area contributed by atoms with Gasteiger partial charge in [-0.3, -0.25) is 4.79 Å². The molecule has 146 valence electrons. The highest BCUT2D eigenvalue weighted by Gasteiger charge is 2.61. The van der Waals surface area contributed by atoms with Crippen LogP contribution in [-0.4, -0.2) is 38.3 Å². The van der Waals surface area contributed by atoms with Gasteiger partial charge >= 0.3 is 0 Å². The van der Waals surface area contributed by atoms with Gasteiger partial charge in [-0.05, 0) is 35.8 Å². The molecule has 1 amide bonds. The summed E-state index contributed by atoms with van der Waals surface area (Å²) in [6.45, 7) is 8.47. The fourth-order valence-corrected chi connectivity index (χ4v) is 6.04. The minimum absolute atomic E-state index is 0.0683. The van der Waals surface area contributed by atoms with E-state index in [1.54, 1.807) is 0 Å². The second-order valence-electron chi connectivity index (χ2n) is 9.10. The number of rotatable bonds is 3. The number of fused-ring (bicyclic) bond motifs is 6. The quantitative estimate of drug-likeness (QED) is 0.743. The topological polar surface area (TPSA) is 59.0 Å². The van der Waals surface area contributed by atoms with Gasteiger partial charge in [-0.15, -0.1) is 5.10 Å². The van der Waals surface area contributed by atoms with Crippen LogP contribution in [0, 0.1) is 5.41 Å². The Bertz CT molecular complexity index is 959. The zero-order valence-electron chi connectivity index (χ0n) is 16.7. The van der Waals surface area contributed by atoms with E-state index in [0.717, 1.165) is 30.8 Å². The van der Waals surface area contributed by atoms with Crippen LogP contribution in [0.3, 0.4) is 0 Å². The molecule has 1 fully saturated rings. The summed E-state index contributed by atoms with van der Waals surface area (Å²) in [6.07, 6.45) is 3.26. The summed E-state index contributed by atoms with van der Waals surface area (Å²) in [5.41, 5.74) is 5.06. The van der Waals surface area contributed by atoms with Gasteiger partial charge in [0.15, 0.2) is 0 Å². The maximum Gasteiger partial charge on any atom is 0.233 e. The van der Waals surface area contributed by atoms with Crippen molar-refractivity contribution < 1.29 is 4.79 Å². The molecule has 0 saturated heterocycles. The lowest BCUT2D eigenvalue weighted by atomic mass is 9.70. The molecule has 0 N–H and O–H groups in total. The zero-order valence-corrected chi connectivity index (χ0v) is 17.6. The Labute approximate surface area is 170 Å². The van der Waals surface area contributed by atoms with E-state index in [0.29, 0.717) is 23.4 Å². The Hall–Kier alpha value is -1.95. The maximum atomic E-state index is 12.7. The molecular formula is C22H26N4OS. The lowest BCUT2D eigenvalue weighted by Gasteiger charge is -2.34. The van der Waals surface area contributed by atoms with E-state index in [1.165, 1.54) is 29.3 Å². The molecule has 2 atom stereocenters. The summed E-state index contributed by atoms with van der Waals surface area (Å²) in [5.74, 6) is 0.977. The number of carbonyl (C=O) groups excluding carboxylic acids is 1. The van der Waals surface area contributed by atoms with Crippen molar-refractivity contribution in [3.63, 3.8) is 0 Å². The van der Waals surface area contributed by atoms with Gasteiger partial charge in [0.05, 0.1) is 17.1 Å². The lowest BCUT2D eigenvalue weighted by molar-refractivity contribution is -0.129. The minimum atomic E-state index is 0.0683. The molecule has 6 heteroatoms. The summed E-state index contributed by atoms with van der Waals surface area (Å²) in [7, 11) is 0. The first-order valence-electron chi connectivity index (χ1n) is 10.1. The highest BCUT2D eigenvalue weighted by atomic mass is 32.2. The van der Waals surface area contributed by atoms with Crippen LogP contribution in [0.15, 0.2) is 29.4 Å². The van der Waals surface area contributed by atoms with Gasteiger partial charge in [0.25, 0.3) is 0 Å². The van der Waals surface area contributed by atoms with E-state index in [4.69, 9.17) is 4.98 Å². The van der Waals surface area contributed by atoms with E-state index in [-0.39, 0.29) is 16.7 Å². The third-order valence-corrected chi connectivity index (χ3v) is 8.40. The van der Waals surface area contributed by atoms with E-state index in [9.17, 15) is 4.79 Å². The molecule has 0 spiro atoms. The highest BCUT2D eigenvalue weighted by Crippen LogP contribution is 2.66. The SMILES string of the molecule is CC1(C)[C@H]2CC[C@]1(C)c1nc(SCC(=O)N3CCc4ccccc4C3)nnc12. The smallest absolute Gasteiger partial charge is 0.233 e. The Balaban J connectivity index is 1.28. The van der Waals surface area contributed by atoms with Crippen LogP contribution in [0.1, 0.15) is 62.0 Å². The molecule has 0 unspecified atom stereocenters. The third kappa shape index (κ3) is 2.53. The second-order valence-corrected chi connectivity index (χ2v) is 10.0. The van der Waals surface area contributed by atoms with Crippen molar-refractivity contribution in [3.05, 3.63) is 46.8 Å². The van der Waals surface area contributed by atoms with Crippen LogP contribution in [-0.2, 0) is 23.2 Å². The molecule has 2 aliphatic carbocycles. The van der Waals surface area contributed by atoms with Gasteiger partial charge < -0.3 is 4.90 Å². The lowest BCUT2D eigenvalue weighted by Crippen LogP contribution is -2.37. The Morgan fingerprint density at radius 2 is 2.00 bits per heavy atom. The number of hydrogen-bond acceptors (Lipinski definition) is 5. The molecule has 0 radical (unpaired) electrons. The summed E-state index contributed by atoms with van der Waals surface area (Å²) >= 11 is 1.42. The molecule has 28 heavy (non-hydrogen) atoms. The predicted octanol–water partition coefficient (Wildman–Crippen LogP) is 3.72. The van der Waals surface area contributed by atoms with E-state index in [1.807, 2.05) is 11.0 Å². The monoisotopic (exact) mass is 394 g/mol. The van der Waals surface area contributed by atoms with Crippen molar-refractivity contribution >= 4 is 17.7 Å². The molecule has 5 rings (SSSR count). The first-order valence-corrected chi connectivity index (χ1v) is 11.1. The van der Waals surface area contributed by atoms with Crippen LogP contribution in [0.4, 0.5) is 0 Å². The number of thioether (sulfide) groups is 1. The van der Waals surface area contributed by atoms with Crippen molar-refractivity contribution in [2.45, 2.75) is 63.1 Å². The summed E-state index contributed by atoms with van der Waals surface area (Å²) < 4.78 is 0. The van der Waals surface area contributed by atoms with Crippen LogP contribution >= 0.6 is 11.8 Å². The second kappa shape index (κ2) is 6.28. The molecule has 1 aromatic heterocycles. The van der Waals surface area contributed by atoms with Crippen LogP contribution < -0.4 is 0 Å². The molecule has 1 aliphatic heterocycles. The number of nitrogens with zero attached hydrogens (tertiary/aromatic N) is 4. The molecule has 2 bridgehead atoms. The van der Waals surface area contributed by atoms with Gasteiger partial charge in [-0.25, -0.2) is 4.98 Å². The van der Waals surface area contributed by atoms with Crippen molar-refractivity contribution in [1.29, 1.82) is 0 Å². The fraction of sp³-hybridized carbons (Fsp3) is 0.545. The number of carbonyl (C=O) groups is 1. The van der Waals surface area contributed by atoms with Gasteiger partial charge in [0.1, 0.15) is 0 Å². The average molecular weight is 395 g/mol. The number of benzene rings is 1. The normalized spacial score (nSPS) is 26.8. The van der Waals surface area contributed by atoms with E-state index < -0.39 is 0 Å². The maximum absolute atomic E-state index is 12.7.